The van der Waals surface area contributed by atoms with Crippen molar-refractivity contribution in [3.05, 3.63) is 35.4 Å². The Bertz CT molecular complexity index is 781. The molecule has 2 aliphatic rings. The first-order valence-corrected chi connectivity index (χ1v) is 10.2. The van der Waals surface area contributed by atoms with Crippen molar-refractivity contribution in [3.63, 3.8) is 0 Å². The predicted octanol–water partition coefficient (Wildman–Crippen LogP) is 0.924. The van der Waals surface area contributed by atoms with Gasteiger partial charge >= 0.3 is 0 Å². The third kappa shape index (κ3) is 5.46. The molecule has 8 nitrogen and oxygen atoms in total. The maximum atomic E-state index is 12.4. The van der Waals surface area contributed by atoms with Gasteiger partial charge in [0.05, 0.1) is 18.2 Å². The van der Waals surface area contributed by atoms with Crippen LogP contribution >= 0.6 is 0 Å². The lowest BCUT2D eigenvalue weighted by atomic mass is 9.89. The molecule has 30 heavy (non-hydrogen) atoms. The van der Waals surface area contributed by atoms with Crippen LogP contribution in [0.4, 0.5) is 0 Å². The number of hydrogen-bond donors (Lipinski definition) is 4. The summed E-state index contributed by atoms with van der Waals surface area (Å²) in [5.41, 5.74) is 1.20. The van der Waals surface area contributed by atoms with Crippen LogP contribution in [0.25, 0.3) is 6.08 Å². The van der Waals surface area contributed by atoms with Gasteiger partial charge in [0.1, 0.15) is 18.0 Å². The zero-order chi connectivity index (χ0) is 21.8. The molecule has 8 heteroatoms. The van der Waals surface area contributed by atoms with E-state index in [0.29, 0.717) is 24.2 Å². The smallest absolute Gasteiger partial charge is 0.247 e. The molecule has 1 saturated heterocycles. The first-order valence-electron chi connectivity index (χ1n) is 10.2. The maximum absolute atomic E-state index is 12.4. The Morgan fingerprint density at radius 2 is 1.70 bits per heavy atom. The molecule has 2 fully saturated rings. The fourth-order valence-electron chi connectivity index (χ4n) is 3.71. The van der Waals surface area contributed by atoms with Crippen molar-refractivity contribution in [1.82, 2.24) is 5.32 Å². The molecule has 0 radical (unpaired) electrons. The average molecular weight is 419 g/mol. The van der Waals surface area contributed by atoms with Crippen molar-refractivity contribution < 1.29 is 34.4 Å². The van der Waals surface area contributed by atoms with Crippen LogP contribution in [0, 0.1) is 0 Å². The standard InChI is InChI=1S/C22H29NO7/c1-12(21(28)23-20-16(25)4-3-5-17(20)26)10-14-6-8-15(9-7-14)29-22-18(27)11-19(30-22)13(2)24/h6-10,16-20,22,25-27H,3-5,11H2,1-2H3,(H,23,28)/b12-10+/t16-,17+,18-,19?,20?,22+/m0/s1. The minimum atomic E-state index is -0.902. The second-order valence-electron chi connectivity index (χ2n) is 7.99. The highest BCUT2D eigenvalue weighted by molar-refractivity contribution is 5.97. The van der Waals surface area contributed by atoms with Crippen molar-refractivity contribution in [2.45, 2.75) is 76.3 Å². The van der Waals surface area contributed by atoms with Gasteiger partial charge in [-0.25, -0.2) is 0 Å². The molecule has 0 spiro atoms. The lowest BCUT2D eigenvalue weighted by molar-refractivity contribution is -0.140. The van der Waals surface area contributed by atoms with Crippen LogP contribution in [-0.4, -0.2) is 63.8 Å². The van der Waals surface area contributed by atoms with Crippen LogP contribution in [0.15, 0.2) is 29.8 Å². The second-order valence-corrected chi connectivity index (χ2v) is 7.99. The van der Waals surface area contributed by atoms with Gasteiger partial charge in [0.25, 0.3) is 0 Å². The quantitative estimate of drug-likeness (QED) is 0.505. The van der Waals surface area contributed by atoms with Crippen LogP contribution in [0.2, 0.25) is 0 Å². The fourth-order valence-corrected chi connectivity index (χ4v) is 3.71. The highest BCUT2D eigenvalue weighted by Crippen LogP contribution is 2.25. The van der Waals surface area contributed by atoms with Crippen molar-refractivity contribution in [1.29, 1.82) is 0 Å². The average Bonchev–Trinajstić information content (AvgIpc) is 3.07. The van der Waals surface area contributed by atoms with E-state index < -0.39 is 36.7 Å². The minimum absolute atomic E-state index is 0.150. The summed E-state index contributed by atoms with van der Waals surface area (Å²) in [6.45, 7) is 3.07. The van der Waals surface area contributed by atoms with E-state index in [1.165, 1.54) is 6.92 Å². The number of nitrogens with one attached hydrogen (secondary N) is 1. The van der Waals surface area contributed by atoms with Crippen LogP contribution in [0.1, 0.15) is 45.1 Å². The van der Waals surface area contributed by atoms with Crippen molar-refractivity contribution >= 4 is 17.8 Å². The van der Waals surface area contributed by atoms with Crippen LogP contribution in [0.3, 0.4) is 0 Å². The van der Waals surface area contributed by atoms with Gasteiger partial charge in [-0.3, -0.25) is 9.59 Å². The number of aliphatic hydroxyl groups is 3. The van der Waals surface area contributed by atoms with Gasteiger partial charge in [-0.15, -0.1) is 0 Å². The SMILES string of the molecule is CC(=O)C1C[C@H](O)[C@H](Oc2ccc(/C=C(\C)C(=O)NC3[C@H](O)CCC[C@@H]3O)cc2)O1. The molecule has 3 rings (SSSR count). The number of rotatable bonds is 6. The van der Waals surface area contributed by atoms with Crippen LogP contribution < -0.4 is 10.1 Å². The molecular weight excluding hydrogens is 390 g/mol. The molecule has 2 unspecified atom stereocenters. The summed E-state index contributed by atoms with van der Waals surface area (Å²) in [5.74, 6) is -0.0308. The summed E-state index contributed by atoms with van der Waals surface area (Å²) in [6, 6.07) is 6.20. The molecule has 1 amide bonds. The van der Waals surface area contributed by atoms with Crippen molar-refractivity contribution in [2.75, 3.05) is 0 Å². The molecule has 1 aliphatic carbocycles. The third-order valence-electron chi connectivity index (χ3n) is 5.52. The maximum Gasteiger partial charge on any atom is 0.247 e. The van der Waals surface area contributed by atoms with Gasteiger partial charge in [0.15, 0.2) is 5.78 Å². The summed E-state index contributed by atoms with van der Waals surface area (Å²) in [4.78, 5) is 23.8. The Kier molecular flexibility index (Phi) is 7.25. The van der Waals surface area contributed by atoms with Gasteiger partial charge in [0.2, 0.25) is 12.2 Å². The van der Waals surface area contributed by atoms with Crippen LogP contribution in [-0.2, 0) is 14.3 Å². The molecular formula is C22H29NO7. The Labute approximate surface area is 175 Å². The monoisotopic (exact) mass is 419 g/mol. The number of ether oxygens (including phenoxy) is 2. The molecule has 1 aromatic carbocycles. The van der Waals surface area contributed by atoms with E-state index in [1.54, 1.807) is 37.3 Å². The van der Waals surface area contributed by atoms with Crippen molar-refractivity contribution in [3.8, 4) is 5.75 Å². The van der Waals surface area contributed by atoms with Crippen molar-refractivity contribution in [2.24, 2.45) is 0 Å². The lowest BCUT2D eigenvalue weighted by Gasteiger charge is -2.32. The molecule has 1 saturated carbocycles. The van der Waals surface area contributed by atoms with E-state index in [9.17, 15) is 24.9 Å². The molecule has 1 heterocycles. The zero-order valence-corrected chi connectivity index (χ0v) is 17.2. The van der Waals surface area contributed by atoms with E-state index in [2.05, 4.69) is 5.32 Å². The number of Topliss-reactive ketones (excluding diaryl/α,β-unsaturated/α-hetero) is 1. The summed E-state index contributed by atoms with van der Waals surface area (Å²) in [7, 11) is 0. The van der Waals surface area contributed by atoms with E-state index in [-0.39, 0.29) is 18.1 Å². The highest BCUT2D eigenvalue weighted by Gasteiger charge is 2.38. The Balaban J connectivity index is 1.58. The number of amides is 1. The number of hydrogen-bond acceptors (Lipinski definition) is 7. The van der Waals surface area contributed by atoms with Gasteiger partial charge in [-0.2, -0.15) is 0 Å². The summed E-state index contributed by atoms with van der Waals surface area (Å²) < 4.78 is 11.0. The van der Waals surface area contributed by atoms with E-state index in [1.807, 2.05) is 0 Å². The Morgan fingerprint density at radius 1 is 1.07 bits per heavy atom. The predicted molar refractivity (Wildman–Crippen MR) is 108 cm³/mol. The highest BCUT2D eigenvalue weighted by atomic mass is 16.7. The van der Waals surface area contributed by atoms with E-state index >= 15 is 0 Å². The first-order chi connectivity index (χ1) is 14.2. The normalized spacial score (nSPS) is 32.0. The topological polar surface area (TPSA) is 125 Å². The zero-order valence-electron chi connectivity index (χ0n) is 17.2. The van der Waals surface area contributed by atoms with Gasteiger partial charge in [-0.1, -0.05) is 12.1 Å². The second kappa shape index (κ2) is 9.70. The number of carbonyl (C=O) groups is 2. The summed E-state index contributed by atoms with van der Waals surface area (Å²) in [5, 5.41) is 32.7. The minimum Gasteiger partial charge on any atom is -0.462 e. The molecule has 0 bridgehead atoms. The van der Waals surface area contributed by atoms with E-state index in [4.69, 9.17) is 9.47 Å². The number of aliphatic hydroxyl groups excluding tert-OH is 3. The number of carbonyl (C=O) groups excluding carboxylic acids is 2. The summed E-state index contributed by atoms with van der Waals surface area (Å²) in [6.07, 6.45) is -0.207. The van der Waals surface area contributed by atoms with Gasteiger partial charge in [0, 0.05) is 12.0 Å². The Hall–Kier alpha value is -2.26. The molecule has 164 valence electrons. The molecule has 6 atom stereocenters. The lowest BCUT2D eigenvalue weighted by Crippen LogP contribution is -2.53. The molecule has 4 N–H and O–H groups in total. The first kappa shape index (κ1) is 22.4. The van der Waals surface area contributed by atoms with Crippen LogP contribution in [0.5, 0.6) is 5.75 Å². The summed E-state index contributed by atoms with van der Waals surface area (Å²) >= 11 is 0. The van der Waals surface area contributed by atoms with Gasteiger partial charge < -0.3 is 30.1 Å². The molecule has 1 aromatic rings. The fraction of sp³-hybridized carbons (Fsp3) is 0.545. The molecule has 1 aliphatic heterocycles. The largest absolute Gasteiger partial charge is 0.462 e. The third-order valence-corrected chi connectivity index (χ3v) is 5.52. The number of ketones is 1. The van der Waals surface area contributed by atoms with E-state index in [0.717, 1.165) is 12.0 Å². The van der Waals surface area contributed by atoms with Gasteiger partial charge in [-0.05, 0) is 56.9 Å². The number of benzene rings is 1. The molecule has 0 aromatic heterocycles. The Morgan fingerprint density at radius 3 is 2.27 bits per heavy atom.